The normalized spacial score (nSPS) is 23.8. The van der Waals surface area contributed by atoms with E-state index in [4.69, 9.17) is 4.74 Å². The Morgan fingerprint density at radius 1 is 1.07 bits per heavy atom. The number of carbonyl (C=O) groups is 2. The van der Waals surface area contributed by atoms with E-state index >= 15 is 0 Å². The minimum absolute atomic E-state index is 0.0979. The molecule has 4 rings (SSSR count). The highest BCUT2D eigenvalue weighted by Gasteiger charge is 2.44. The topological polar surface area (TPSA) is 58.6 Å². The zero-order chi connectivity index (χ0) is 19.9. The highest BCUT2D eigenvalue weighted by atomic mass is 19.2. The van der Waals surface area contributed by atoms with Crippen LogP contribution in [0.2, 0.25) is 0 Å². The lowest BCUT2D eigenvalue weighted by atomic mass is 9.88. The molecule has 1 aliphatic carbocycles. The molecule has 0 radical (unpaired) electrons. The number of carbonyl (C=O) groups excluding carboxylic acids is 2. The standard InChI is InChI=1S/C20H23F3N2O3/c21-14-3-4-15(22)17(23)16(14)18(26)24-11-13-5-6-20(28-13)7-9-25(10-8-20)19(27)12-1-2-12/h3-4,12-13H,1-2,5-11H2,(H,24,26)/t13-/m1/s1. The molecule has 2 aliphatic heterocycles. The number of ether oxygens (including phenoxy) is 1. The number of nitrogens with one attached hydrogen (secondary N) is 1. The first-order valence-corrected chi connectivity index (χ1v) is 9.77. The summed E-state index contributed by atoms with van der Waals surface area (Å²) in [6.07, 6.45) is 4.75. The van der Waals surface area contributed by atoms with E-state index in [1.54, 1.807) is 0 Å². The van der Waals surface area contributed by atoms with Gasteiger partial charge in [0.1, 0.15) is 11.4 Å². The molecule has 2 amide bonds. The molecule has 5 nitrogen and oxygen atoms in total. The minimum Gasteiger partial charge on any atom is -0.370 e. The lowest BCUT2D eigenvalue weighted by Crippen LogP contribution is -2.47. The first-order valence-electron chi connectivity index (χ1n) is 9.77. The number of amides is 2. The maximum Gasteiger partial charge on any atom is 0.257 e. The second-order valence-electron chi connectivity index (χ2n) is 7.99. The van der Waals surface area contributed by atoms with Crippen LogP contribution in [-0.2, 0) is 9.53 Å². The molecule has 0 aromatic heterocycles. The summed E-state index contributed by atoms with van der Waals surface area (Å²) in [5.41, 5.74) is -1.22. The van der Waals surface area contributed by atoms with E-state index in [9.17, 15) is 22.8 Å². The van der Waals surface area contributed by atoms with Gasteiger partial charge in [-0.1, -0.05) is 0 Å². The molecule has 1 spiro atoms. The molecule has 1 atom stereocenters. The summed E-state index contributed by atoms with van der Waals surface area (Å²) in [5.74, 6) is -4.40. The SMILES string of the molecule is O=C(NC[C@H]1CCC2(CCN(C(=O)C3CC3)CC2)O1)c1c(F)ccc(F)c1F. The summed E-state index contributed by atoms with van der Waals surface area (Å²) in [7, 11) is 0. The van der Waals surface area contributed by atoms with E-state index in [0.717, 1.165) is 38.2 Å². The molecule has 28 heavy (non-hydrogen) atoms. The maximum absolute atomic E-state index is 13.7. The number of benzene rings is 1. The van der Waals surface area contributed by atoms with Crippen molar-refractivity contribution < 1.29 is 27.5 Å². The molecule has 1 saturated carbocycles. The van der Waals surface area contributed by atoms with Gasteiger partial charge in [-0.2, -0.15) is 0 Å². The fraction of sp³-hybridized carbons (Fsp3) is 0.600. The van der Waals surface area contributed by atoms with Gasteiger partial charge in [0.2, 0.25) is 5.91 Å². The zero-order valence-corrected chi connectivity index (χ0v) is 15.5. The van der Waals surface area contributed by atoms with Crippen molar-refractivity contribution in [3.63, 3.8) is 0 Å². The van der Waals surface area contributed by atoms with Crippen molar-refractivity contribution in [1.29, 1.82) is 0 Å². The molecule has 152 valence electrons. The van der Waals surface area contributed by atoms with E-state index in [-0.39, 0.29) is 30.1 Å². The molecule has 2 heterocycles. The third-order valence-corrected chi connectivity index (χ3v) is 6.01. The number of rotatable bonds is 4. The van der Waals surface area contributed by atoms with Gasteiger partial charge in [0, 0.05) is 25.6 Å². The molecular formula is C20H23F3N2O3. The maximum atomic E-state index is 13.7. The van der Waals surface area contributed by atoms with E-state index in [1.807, 2.05) is 4.90 Å². The molecule has 0 bridgehead atoms. The lowest BCUT2D eigenvalue weighted by molar-refractivity contribution is -0.138. The van der Waals surface area contributed by atoms with Gasteiger partial charge in [0.15, 0.2) is 11.6 Å². The van der Waals surface area contributed by atoms with Gasteiger partial charge >= 0.3 is 0 Å². The Kier molecular flexibility index (Phi) is 5.07. The van der Waals surface area contributed by atoms with E-state index in [2.05, 4.69) is 5.32 Å². The van der Waals surface area contributed by atoms with Crippen molar-refractivity contribution in [1.82, 2.24) is 10.2 Å². The highest BCUT2D eigenvalue weighted by molar-refractivity contribution is 5.94. The Hall–Kier alpha value is -2.09. The summed E-state index contributed by atoms with van der Waals surface area (Å²) in [5, 5.41) is 2.45. The predicted molar refractivity (Wildman–Crippen MR) is 94.0 cm³/mol. The fourth-order valence-electron chi connectivity index (χ4n) is 4.16. The molecule has 2 saturated heterocycles. The van der Waals surface area contributed by atoms with Crippen LogP contribution in [0.4, 0.5) is 13.2 Å². The van der Waals surface area contributed by atoms with Gasteiger partial charge in [-0.25, -0.2) is 13.2 Å². The van der Waals surface area contributed by atoms with Gasteiger partial charge in [0.25, 0.3) is 5.91 Å². The third kappa shape index (κ3) is 3.74. The van der Waals surface area contributed by atoms with Crippen LogP contribution in [0, 0.1) is 23.4 Å². The van der Waals surface area contributed by atoms with Crippen molar-refractivity contribution >= 4 is 11.8 Å². The van der Waals surface area contributed by atoms with Crippen molar-refractivity contribution in [3.8, 4) is 0 Å². The Balaban J connectivity index is 1.29. The molecule has 0 unspecified atom stereocenters. The molecule has 1 N–H and O–H groups in total. The van der Waals surface area contributed by atoms with E-state index in [0.29, 0.717) is 25.6 Å². The van der Waals surface area contributed by atoms with Gasteiger partial charge < -0.3 is 15.0 Å². The summed E-state index contributed by atoms with van der Waals surface area (Å²) < 4.78 is 46.8. The van der Waals surface area contributed by atoms with Crippen molar-refractivity contribution in [2.24, 2.45) is 5.92 Å². The van der Waals surface area contributed by atoms with Crippen LogP contribution in [0.15, 0.2) is 12.1 Å². The van der Waals surface area contributed by atoms with Crippen LogP contribution in [-0.4, -0.2) is 48.1 Å². The average molecular weight is 396 g/mol. The third-order valence-electron chi connectivity index (χ3n) is 6.01. The minimum atomic E-state index is -1.49. The molecule has 1 aromatic rings. The first kappa shape index (κ1) is 19.2. The molecule has 1 aromatic carbocycles. The monoisotopic (exact) mass is 396 g/mol. The summed E-state index contributed by atoms with van der Waals surface area (Å²) >= 11 is 0. The van der Waals surface area contributed by atoms with Crippen LogP contribution in [0.25, 0.3) is 0 Å². The Morgan fingerprint density at radius 3 is 2.43 bits per heavy atom. The van der Waals surface area contributed by atoms with Crippen LogP contribution in [0.3, 0.4) is 0 Å². The second kappa shape index (κ2) is 7.39. The Bertz CT molecular complexity index is 789. The van der Waals surface area contributed by atoms with Gasteiger partial charge in [-0.15, -0.1) is 0 Å². The van der Waals surface area contributed by atoms with Gasteiger partial charge in [-0.3, -0.25) is 9.59 Å². The second-order valence-corrected chi connectivity index (χ2v) is 7.99. The van der Waals surface area contributed by atoms with E-state index in [1.165, 1.54) is 0 Å². The van der Waals surface area contributed by atoms with Crippen LogP contribution >= 0.6 is 0 Å². The van der Waals surface area contributed by atoms with Crippen LogP contribution in [0.5, 0.6) is 0 Å². The van der Waals surface area contributed by atoms with Crippen LogP contribution in [0.1, 0.15) is 48.9 Å². The number of nitrogens with zero attached hydrogens (tertiary/aromatic N) is 1. The number of hydrogen-bond donors (Lipinski definition) is 1. The van der Waals surface area contributed by atoms with Gasteiger partial charge in [-0.05, 0) is 50.7 Å². The Labute approximate surface area is 161 Å². The van der Waals surface area contributed by atoms with Crippen molar-refractivity contribution in [2.45, 2.75) is 50.2 Å². The highest BCUT2D eigenvalue weighted by Crippen LogP contribution is 2.40. The number of hydrogen-bond acceptors (Lipinski definition) is 3. The zero-order valence-electron chi connectivity index (χ0n) is 15.5. The fourth-order valence-corrected chi connectivity index (χ4v) is 4.16. The number of halogens is 3. The Morgan fingerprint density at radius 2 is 1.75 bits per heavy atom. The molecular weight excluding hydrogens is 373 g/mol. The van der Waals surface area contributed by atoms with E-state index < -0.39 is 28.9 Å². The van der Waals surface area contributed by atoms with Crippen LogP contribution < -0.4 is 5.32 Å². The summed E-state index contributed by atoms with van der Waals surface area (Å²) in [6, 6.07) is 1.37. The summed E-state index contributed by atoms with van der Waals surface area (Å²) in [4.78, 5) is 26.2. The smallest absolute Gasteiger partial charge is 0.257 e. The quantitative estimate of drug-likeness (QED) is 0.797. The largest absolute Gasteiger partial charge is 0.370 e. The van der Waals surface area contributed by atoms with Crippen molar-refractivity contribution in [2.75, 3.05) is 19.6 Å². The molecule has 3 aliphatic rings. The summed E-state index contributed by atoms with van der Waals surface area (Å²) in [6.45, 7) is 1.45. The first-order chi connectivity index (χ1) is 13.4. The average Bonchev–Trinajstić information content (AvgIpc) is 3.46. The van der Waals surface area contributed by atoms with Crippen molar-refractivity contribution in [3.05, 3.63) is 35.1 Å². The molecule has 8 heteroatoms. The lowest BCUT2D eigenvalue weighted by Gasteiger charge is -2.39. The number of likely N-dealkylation sites (tertiary alicyclic amines) is 1. The predicted octanol–water partition coefficient (Wildman–Crippen LogP) is 2.78. The number of piperidine rings is 1. The van der Waals surface area contributed by atoms with Gasteiger partial charge in [0.05, 0.1) is 11.7 Å². The molecule has 3 fully saturated rings.